The first-order valence-electron chi connectivity index (χ1n) is 10.4. The predicted octanol–water partition coefficient (Wildman–Crippen LogP) is 4.98. The Hall–Kier alpha value is -3.32. The number of halogens is 1. The van der Waals surface area contributed by atoms with Crippen molar-refractivity contribution >= 4 is 29.2 Å². The molecule has 0 aliphatic carbocycles. The van der Waals surface area contributed by atoms with Crippen LogP contribution in [-0.2, 0) is 17.8 Å². The number of carbonyl (C=O) groups is 1. The maximum atomic E-state index is 12.5. The number of para-hydroxylation sites is 1. The summed E-state index contributed by atoms with van der Waals surface area (Å²) < 4.78 is 16.3. The van der Waals surface area contributed by atoms with Crippen molar-refractivity contribution in [3.8, 4) is 11.6 Å². The zero-order valence-corrected chi connectivity index (χ0v) is 18.9. The molecule has 0 saturated heterocycles. The number of nitrogens with zero attached hydrogens (tertiary/aromatic N) is 3. The van der Waals surface area contributed by atoms with E-state index in [1.54, 1.807) is 26.2 Å². The van der Waals surface area contributed by atoms with Crippen LogP contribution in [0.2, 0.25) is 5.02 Å². The fourth-order valence-corrected chi connectivity index (χ4v) is 4.03. The Morgan fingerprint density at radius 1 is 1.25 bits per heavy atom. The molecule has 7 nitrogen and oxygen atoms in total. The van der Waals surface area contributed by atoms with Gasteiger partial charge in [0.25, 0.3) is 0 Å². The van der Waals surface area contributed by atoms with Gasteiger partial charge in [0.2, 0.25) is 11.8 Å². The molecule has 32 heavy (non-hydrogen) atoms. The first-order chi connectivity index (χ1) is 15.5. The van der Waals surface area contributed by atoms with Gasteiger partial charge < -0.3 is 19.1 Å². The Bertz CT molecular complexity index is 1140. The number of fused-ring (bicyclic) bond motifs is 1. The number of rotatable bonds is 7. The smallest absolute Gasteiger partial charge is 0.345 e. The number of benzene rings is 2. The lowest BCUT2D eigenvalue weighted by atomic mass is 10.1. The van der Waals surface area contributed by atoms with Gasteiger partial charge in [-0.3, -0.25) is 0 Å². The van der Waals surface area contributed by atoms with E-state index in [-0.39, 0.29) is 30.7 Å². The first-order valence-corrected chi connectivity index (χ1v) is 10.8. The highest BCUT2D eigenvalue weighted by molar-refractivity contribution is 6.32. The second kappa shape index (κ2) is 9.44. The number of ether oxygens (including phenoxy) is 3. The van der Waals surface area contributed by atoms with Crippen LogP contribution < -0.4 is 14.4 Å². The third kappa shape index (κ3) is 4.34. The van der Waals surface area contributed by atoms with Gasteiger partial charge in [-0.15, -0.1) is 0 Å². The maximum Gasteiger partial charge on any atom is 0.345 e. The highest BCUT2D eigenvalue weighted by Gasteiger charge is 2.30. The predicted molar refractivity (Wildman–Crippen MR) is 122 cm³/mol. The normalized spacial score (nSPS) is 14.8. The molecular weight excluding hydrogens is 430 g/mol. The van der Waals surface area contributed by atoms with Gasteiger partial charge in [0, 0.05) is 11.7 Å². The van der Waals surface area contributed by atoms with Crippen molar-refractivity contribution < 1.29 is 19.0 Å². The lowest BCUT2D eigenvalue weighted by Gasteiger charge is -2.23. The standard InChI is InChI=1S/C24H24ClN3O4/c1-4-31-23(29)18-13-26-24(28-15(2)11-17-7-5-6-8-20(17)28)27-22(18)32-14-16-9-10-21(30-3)19(25)12-16/h5-10,12-13,15H,4,11,14H2,1-3H3. The zero-order valence-electron chi connectivity index (χ0n) is 18.2. The molecule has 3 aromatic rings. The molecule has 2 aromatic carbocycles. The van der Waals surface area contributed by atoms with Crippen LogP contribution in [0.4, 0.5) is 11.6 Å². The van der Waals surface area contributed by atoms with Gasteiger partial charge >= 0.3 is 5.97 Å². The van der Waals surface area contributed by atoms with Gasteiger partial charge in [-0.1, -0.05) is 35.9 Å². The Morgan fingerprint density at radius 2 is 2.06 bits per heavy atom. The summed E-state index contributed by atoms with van der Waals surface area (Å²) in [7, 11) is 1.56. The van der Waals surface area contributed by atoms with E-state index in [1.165, 1.54) is 11.8 Å². The highest BCUT2D eigenvalue weighted by atomic mass is 35.5. The Kier molecular flexibility index (Phi) is 6.46. The fraction of sp³-hybridized carbons (Fsp3) is 0.292. The van der Waals surface area contributed by atoms with E-state index in [1.807, 2.05) is 24.3 Å². The summed E-state index contributed by atoms with van der Waals surface area (Å²) in [5.74, 6) is 0.681. The van der Waals surface area contributed by atoms with E-state index in [0.717, 1.165) is 17.7 Å². The summed E-state index contributed by atoms with van der Waals surface area (Å²) >= 11 is 6.22. The summed E-state index contributed by atoms with van der Waals surface area (Å²) in [6.07, 6.45) is 2.35. The van der Waals surface area contributed by atoms with Crippen LogP contribution in [0.25, 0.3) is 0 Å². The third-order valence-electron chi connectivity index (χ3n) is 5.25. The van der Waals surface area contributed by atoms with E-state index >= 15 is 0 Å². The summed E-state index contributed by atoms with van der Waals surface area (Å²) in [6.45, 7) is 4.27. The summed E-state index contributed by atoms with van der Waals surface area (Å²) in [5, 5.41) is 0.477. The summed E-state index contributed by atoms with van der Waals surface area (Å²) in [6, 6.07) is 13.7. The molecule has 0 bridgehead atoms. The molecule has 0 spiro atoms. The Labute approximate surface area is 191 Å². The lowest BCUT2D eigenvalue weighted by molar-refractivity contribution is 0.0519. The number of esters is 1. The van der Waals surface area contributed by atoms with Crippen LogP contribution in [0.15, 0.2) is 48.7 Å². The van der Waals surface area contributed by atoms with Crippen molar-refractivity contribution in [2.75, 3.05) is 18.6 Å². The molecule has 1 aliphatic rings. The fourth-order valence-electron chi connectivity index (χ4n) is 3.75. The van der Waals surface area contributed by atoms with Gasteiger partial charge in [0.1, 0.15) is 17.9 Å². The highest BCUT2D eigenvalue weighted by Crippen LogP contribution is 2.37. The van der Waals surface area contributed by atoms with Crippen LogP contribution in [0, 0.1) is 0 Å². The molecule has 0 N–H and O–H groups in total. The molecular formula is C24H24ClN3O4. The van der Waals surface area contributed by atoms with Gasteiger partial charge in [-0.2, -0.15) is 4.98 Å². The van der Waals surface area contributed by atoms with Gasteiger partial charge in [-0.25, -0.2) is 9.78 Å². The molecule has 8 heteroatoms. The van der Waals surface area contributed by atoms with Crippen molar-refractivity contribution in [3.05, 3.63) is 70.4 Å². The van der Waals surface area contributed by atoms with E-state index in [4.69, 9.17) is 25.8 Å². The monoisotopic (exact) mass is 453 g/mol. The molecule has 1 atom stereocenters. The number of hydrogen-bond acceptors (Lipinski definition) is 7. The lowest BCUT2D eigenvalue weighted by Crippen LogP contribution is -2.26. The molecule has 1 aliphatic heterocycles. The number of anilines is 2. The molecule has 166 valence electrons. The van der Waals surface area contributed by atoms with Gasteiger partial charge in [-0.05, 0) is 49.6 Å². The summed E-state index contributed by atoms with van der Waals surface area (Å²) in [5.41, 5.74) is 3.27. The van der Waals surface area contributed by atoms with Crippen molar-refractivity contribution in [1.82, 2.24) is 9.97 Å². The van der Waals surface area contributed by atoms with E-state index in [0.29, 0.717) is 16.7 Å². The average molecular weight is 454 g/mol. The molecule has 4 rings (SSSR count). The summed E-state index contributed by atoms with van der Waals surface area (Å²) in [4.78, 5) is 23.6. The van der Waals surface area contributed by atoms with Crippen LogP contribution in [-0.4, -0.2) is 35.7 Å². The molecule has 0 radical (unpaired) electrons. The van der Waals surface area contributed by atoms with E-state index in [2.05, 4.69) is 27.9 Å². The minimum absolute atomic E-state index is 0.164. The molecule has 0 amide bonds. The first kappa shape index (κ1) is 21.9. The number of methoxy groups -OCH3 is 1. The maximum absolute atomic E-state index is 12.5. The van der Waals surface area contributed by atoms with Crippen LogP contribution in [0.3, 0.4) is 0 Å². The van der Waals surface area contributed by atoms with Crippen molar-refractivity contribution in [1.29, 1.82) is 0 Å². The minimum Gasteiger partial charge on any atom is -0.495 e. The minimum atomic E-state index is -0.531. The molecule has 2 heterocycles. The zero-order chi connectivity index (χ0) is 22.7. The van der Waals surface area contributed by atoms with E-state index in [9.17, 15) is 4.79 Å². The number of carbonyl (C=O) groups excluding carboxylic acids is 1. The van der Waals surface area contributed by atoms with E-state index < -0.39 is 5.97 Å². The SMILES string of the molecule is CCOC(=O)c1cnc(N2c3ccccc3CC2C)nc1OCc1ccc(OC)c(Cl)c1. The van der Waals surface area contributed by atoms with Crippen LogP contribution in [0.5, 0.6) is 11.6 Å². The van der Waals surface area contributed by atoms with Crippen LogP contribution in [0.1, 0.15) is 35.3 Å². The van der Waals surface area contributed by atoms with Crippen molar-refractivity contribution in [2.24, 2.45) is 0 Å². The largest absolute Gasteiger partial charge is 0.495 e. The quantitative estimate of drug-likeness (QED) is 0.467. The molecule has 0 fully saturated rings. The molecule has 1 unspecified atom stereocenters. The Morgan fingerprint density at radius 3 is 2.81 bits per heavy atom. The second-order valence-corrected chi connectivity index (χ2v) is 7.83. The van der Waals surface area contributed by atoms with Crippen LogP contribution >= 0.6 is 11.6 Å². The molecule has 0 saturated carbocycles. The third-order valence-corrected chi connectivity index (χ3v) is 5.55. The Balaban J connectivity index is 1.66. The number of aromatic nitrogens is 2. The topological polar surface area (TPSA) is 73.8 Å². The molecule has 1 aromatic heterocycles. The second-order valence-electron chi connectivity index (χ2n) is 7.42. The van der Waals surface area contributed by atoms with Crippen molar-refractivity contribution in [2.45, 2.75) is 32.9 Å². The van der Waals surface area contributed by atoms with Crippen molar-refractivity contribution in [3.63, 3.8) is 0 Å². The number of hydrogen-bond donors (Lipinski definition) is 0. The van der Waals surface area contributed by atoms with Gasteiger partial charge in [0.15, 0.2) is 0 Å². The average Bonchev–Trinajstić information content (AvgIpc) is 3.13. The van der Waals surface area contributed by atoms with Gasteiger partial charge in [0.05, 0.1) is 24.9 Å².